The molecule has 9 nitrogen and oxygen atoms in total. The number of carbonyl (C=O) groups is 1. The van der Waals surface area contributed by atoms with E-state index in [1.165, 1.54) is 6.07 Å². The Balaban J connectivity index is 2.21. The molecule has 1 amide bonds. The van der Waals surface area contributed by atoms with Gasteiger partial charge in [-0.05, 0) is 6.07 Å². The Labute approximate surface area is 120 Å². The SMILES string of the molecule is CNc1cc(C(=O)NCc2ccnn2C)c([N+](=O)[O-])cn1. The van der Waals surface area contributed by atoms with Crippen molar-refractivity contribution in [3.8, 4) is 0 Å². The molecule has 0 fully saturated rings. The first-order valence-electron chi connectivity index (χ1n) is 6.10. The van der Waals surface area contributed by atoms with Crippen molar-refractivity contribution < 1.29 is 9.72 Å². The van der Waals surface area contributed by atoms with Crippen molar-refractivity contribution in [1.82, 2.24) is 20.1 Å². The summed E-state index contributed by atoms with van der Waals surface area (Å²) < 4.78 is 1.61. The maximum atomic E-state index is 12.1. The first-order chi connectivity index (χ1) is 10.0. The van der Waals surface area contributed by atoms with Gasteiger partial charge in [-0.15, -0.1) is 0 Å². The van der Waals surface area contributed by atoms with Crippen LogP contribution >= 0.6 is 0 Å². The molecule has 0 aliphatic rings. The smallest absolute Gasteiger partial charge is 0.300 e. The monoisotopic (exact) mass is 290 g/mol. The van der Waals surface area contributed by atoms with Gasteiger partial charge in [-0.25, -0.2) is 4.98 Å². The molecule has 0 atom stereocenters. The molecule has 0 spiro atoms. The summed E-state index contributed by atoms with van der Waals surface area (Å²) in [6.45, 7) is 0.226. The Morgan fingerprint density at radius 2 is 2.29 bits per heavy atom. The van der Waals surface area contributed by atoms with E-state index in [0.29, 0.717) is 5.82 Å². The van der Waals surface area contributed by atoms with E-state index in [9.17, 15) is 14.9 Å². The van der Waals surface area contributed by atoms with Crippen LogP contribution in [-0.4, -0.2) is 32.6 Å². The Kier molecular flexibility index (Phi) is 4.12. The molecule has 0 aromatic carbocycles. The zero-order chi connectivity index (χ0) is 15.4. The van der Waals surface area contributed by atoms with E-state index in [1.54, 1.807) is 31.0 Å². The second-order valence-corrected chi connectivity index (χ2v) is 4.22. The van der Waals surface area contributed by atoms with E-state index in [-0.39, 0.29) is 17.8 Å². The summed E-state index contributed by atoms with van der Waals surface area (Å²) in [5.74, 6) is -0.159. The molecule has 0 aliphatic heterocycles. The number of nitro groups is 1. The molecule has 2 aromatic rings. The van der Waals surface area contributed by atoms with Crippen LogP contribution in [0.3, 0.4) is 0 Å². The third-order valence-electron chi connectivity index (χ3n) is 2.93. The summed E-state index contributed by atoms with van der Waals surface area (Å²) in [6, 6.07) is 3.09. The van der Waals surface area contributed by atoms with Crippen LogP contribution in [0.25, 0.3) is 0 Å². The van der Waals surface area contributed by atoms with Gasteiger partial charge in [-0.3, -0.25) is 19.6 Å². The molecule has 2 rings (SSSR count). The molecule has 110 valence electrons. The maximum absolute atomic E-state index is 12.1. The molecule has 0 bridgehead atoms. The van der Waals surface area contributed by atoms with Crippen molar-refractivity contribution in [2.45, 2.75) is 6.54 Å². The number of aryl methyl sites for hydroxylation is 1. The van der Waals surface area contributed by atoms with Crippen molar-refractivity contribution in [3.05, 3.63) is 45.9 Å². The Bertz CT molecular complexity index is 681. The number of aromatic nitrogens is 3. The Morgan fingerprint density at radius 3 is 2.86 bits per heavy atom. The molecule has 0 unspecified atom stereocenters. The normalized spacial score (nSPS) is 10.2. The van der Waals surface area contributed by atoms with Crippen LogP contribution in [0.1, 0.15) is 16.1 Å². The molecular formula is C12H14N6O3. The van der Waals surface area contributed by atoms with Crippen LogP contribution in [0.5, 0.6) is 0 Å². The van der Waals surface area contributed by atoms with Crippen LogP contribution in [0.2, 0.25) is 0 Å². The molecule has 0 saturated heterocycles. The number of rotatable bonds is 5. The van der Waals surface area contributed by atoms with Crippen molar-refractivity contribution in [2.75, 3.05) is 12.4 Å². The summed E-state index contributed by atoms with van der Waals surface area (Å²) in [4.78, 5) is 26.3. The highest BCUT2D eigenvalue weighted by Gasteiger charge is 2.21. The highest BCUT2D eigenvalue weighted by molar-refractivity contribution is 5.98. The van der Waals surface area contributed by atoms with Gasteiger partial charge in [0.05, 0.1) is 17.2 Å². The van der Waals surface area contributed by atoms with Gasteiger partial charge in [0, 0.05) is 26.4 Å². The predicted octanol–water partition coefficient (Wildman–Crippen LogP) is 0.695. The highest BCUT2D eigenvalue weighted by atomic mass is 16.6. The van der Waals surface area contributed by atoms with Gasteiger partial charge in [-0.1, -0.05) is 0 Å². The van der Waals surface area contributed by atoms with Crippen molar-refractivity contribution >= 4 is 17.4 Å². The molecule has 9 heteroatoms. The van der Waals surface area contributed by atoms with Crippen LogP contribution in [0, 0.1) is 10.1 Å². The third-order valence-corrected chi connectivity index (χ3v) is 2.93. The van der Waals surface area contributed by atoms with Crippen LogP contribution < -0.4 is 10.6 Å². The Morgan fingerprint density at radius 1 is 1.52 bits per heavy atom. The maximum Gasteiger partial charge on any atom is 0.300 e. The molecule has 0 saturated carbocycles. The number of amides is 1. The minimum absolute atomic E-state index is 0.0403. The van der Waals surface area contributed by atoms with Gasteiger partial charge in [-0.2, -0.15) is 5.10 Å². The second-order valence-electron chi connectivity index (χ2n) is 4.22. The van der Waals surface area contributed by atoms with Crippen LogP contribution in [0.15, 0.2) is 24.5 Å². The Hall–Kier alpha value is -2.97. The molecule has 2 heterocycles. The lowest BCUT2D eigenvalue weighted by Crippen LogP contribution is -2.25. The van der Waals surface area contributed by atoms with Gasteiger partial charge >= 0.3 is 0 Å². The highest BCUT2D eigenvalue weighted by Crippen LogP contribution is 2.20. The summed E-state index contributed by atoms with van der Waals surface area (Å²) in [5, 5.41) is 20.3. The zero-order valence-electron chi connectivity index (χ0n) is 11.5. The van der Waals surface area contributed by atoms with Gasteiger partial charge in [0.1, 0.15) is 17.6 Å². The topological polar surface area (TPSA) is 115 Å². The molecular weight excluding hydrogens is 276 g/mol. The summed E-state index contributed by atoms with van der Waals surface area (Å²) in [6.07, 6.45) is 2.67. The fraction of sp³-hybridized carbons (Fsp3) is 0.250. The largest absolute Gasteiger partial charge is 0.373 e. The van der Waals surface area contributed by atoms with Crippen molar-refractivity contribution in [1.29, 1.82) is 0 Å². The van der Waals surface area contributed by atoms with Gasteiger partial charge in [0.25, 0.3) is 11.6 Å². The van der Waals surface area contributed by atoms with Gasteiger partial charge < -0.3 is 10.6 Å². The van der Waals surface area contributed by atoms with Gasteiger partial charge in [0.2, 0.25) is 0 Å². The minimum atomic E-state index is -0.634. The zero-order valence-corrected chi connectivity index (χ0v) is 11.5. The quantitative estimate of drug-likeness (QED) is 0.618. The molecule has 2 N–H and O–H groups in total. The van der Waals surface area contributed by atoms with Crippen molar-refractivity contribution in [3.63, 3.8) is 0 Å². The lowest BCUT2D eigenvalue weighted by Gasteiger charge is -2.07. The van der Waals surface area contributed by atoms with E-state index in [0.717, 1.165) is 11.9 Å². The van der Waals surface area contributed by atoms with Crippen LogP contribution in [-0.2, 0) is 13.6 Å². The molecule has 21 heavy (non-hydrogen) atoms. The summed E-state index contributed by atoms with van der Waals surface area (Å²) in [5.41, 5.74) is 0.409. The van der Waals surface area contributed by atoms with Crippen molar-refractivity contribution in [2.24, 2.45) is 7.05 Å². The number of pyridine rings is 1. The third kappa shape index (κ3) is 3.14. The number of anilines is 1. The lowest BCUT2D eigenvalue weighted by atomic mass is 10.2. The van der Waals surface area contributed by atoms with E-state index < -0.39 is 10.8 Å². The minimum Gasteiger partial charge on any atom is -0.373 e. The van der Waals surface area contributed by atoms with E-state index >= 15 is 0 Å². The first-order valence-corrected chi connectivity index (χ1v) is 6.10. The number of hydrogen-bond acceptors (Lipinski definition) is 6. The number of hydrogen-bond donors (Lipinski definition) is 2. The van der Waals surface area contributed by atoms with Crippen LogP contribution in [0.4, 0.5) is 11.5 Å². The van der Waals surface area contributed by atoms with E-state index in [2.05, 4.69) is 20.7 Å². The predicted molar refractivity (Wildman–Crippen MR) is 74.8 cm³/mol. The summed E-state index contributed by atoms with van der Waals surface area (Å²) >= 11 is 0. The first kappa shape index (κ1) is 14.4. The number of nitrogens with zero attached hydrogens (tertiary/aromatic N) is 4. The second kappa shape index (κ2) is 5.99. The summed E-state index contributed by atoms with van der Waals surface area (Å²) in [7, 11) is 3.36. The average Bonchev–Trinajstić information content (AvgIpc) is 2.89. The fourth-order valence-electron chi connectivity index (χ4n) is 1.75. The molecule has 2 aromatic heterocycles. The number of carbonyl (C=O) groups excluding carboxylic acids is 1. The van der Waals surface area contributed by atoms with E-state index in [1.807, 2.05) is 0 Å². The lowest BCUT2D eigenvalue weighted by molar-refractivity contribution is -0.385. The molecule has 0 aliphatic carbocycles. The number of nitrogens with one attached hydrogen (secondary N) is 2. The van der Waals surface area contributed by atoms with E-state index in [4.69, 9.17) is 0 Å². The van der Waals surface area contributed by atoms with Gasteiger partial charge in [0.15, 0.2) is 0 Å². The molecule has 0 radical (unpaired) electrons. The fourth-order valence-corrected chi connectivity index (χ4v) is 1.75. The standard InChI is InChI=1S/C12H14N6O3/c1-13-11-5-9(10(7-14-11)18(20)21)12(19)15-6-8-3-4-16-17(8)2/h3-5,7H,6H2,1-2H3,(H,13,14)(H,15,19). The average molecular weight is 290 g/mol.